The highest BCUT2D eigenvalue weighted by Gasteiger charge is 2.40. The van der Waals surface area contributed by atoms with Gasteiger partial charge in [-0.2, -0.15) is 5.10 Å². The van der Waals surface area contributed by atoms with Gasteiger partial charge >= 0.3 is 0 Å². The Bertz CT molecular complexity index is 877. The minimum Gasteiger partial charge on any atom is -0.334 e. The van der Waals surface area contributed by atoms with Crippen molar-refractivity contribution >= 4 is 5.91 Å². The normalized spacial score (nSPS) is 23.1. The van der Waals surface area contributed by atoms with Gasteiger partial charge in [0.15, 0.2) is 0 Å². The molecule has 0 aliphatic carbocycles. The van der Waals surface area contributed by atoms with Crippen LogP contribution in [0.1, 0.15) is 41.8 Å². The van der Waals surface area contributed by atoms with E-state index in [1.807, 2.05) is 22.7 Å². The van der Waals surface area contributed by atoms with E-state index in [-0.39, 0.29) is 17.8 Å². The summed E-state index contributed by atoms with van der Waals surface area (Å²) in [6.45, 7) is 7.43. The lowest BCUT2D eigenvalue weighted by atomic mass is 9.98. The molecule has 4 rings (SSSR count). The second kappa shape index (κ2) is 7.66. The topological polar surface area (TPSA) is 41.4 Å². The Morgan fingerprint density at radius 1 is 1.21 bits per heavy atom. The van der Waals surface area contributed by atoms with Gasteiger partial charge in [0.05, 0.1) is 5.69 Å². The van der Waals surface area contributed by atoms with Crippen molar-refractivity contribution < 1.29 is 9.18 Å². The van der Waals surface area contributed by atoms with E-state index in [1.54, 1.807) is 12.1 Å². The number of carbonyl (C=O) groups is 1. The van der Waals surface area contributed by atoms with Gasteiger partial charge in [-0.1, -0.05) is 12.1 Å². The molecule has 0 spiro atoms. The van der Waals surface area contributed by atoms with Gasteiger partial charge in [0.1, 0.15) is 5.82 Å². The molecule has 1 amide bonds. The van der Waals surface area contributed by atoms with E-state index >= 15 is 0 Å². The van der Waals surface area contributed by atoms with E-state index < -0.39 is 0 Å². The van der Waals surface area contributed by atoms with E-state index in [0.717, 1.165) is 43.7 Å². The smallest absolute Gasteiger partial charge is 0.223 e. The predicted octanol–water partition coefficient (Wildman–Crippen LogP) is 3.19. The maximum absolute atomic E-state index is 13.6. The number of aromatic nitrogens is 2. The SMILES string of the molecule is Cc1nn(C)c(C)c1CN1CC2CCCC(=O)N(Cc3cccc(F)c3)C2C1. The molecule has 2 aromatic rings. The van der Waals surface area contributed by atoms with Crippen molar-refractivity contribution in [1.29, 1.82) is 0 Å². The number of carbonyl (C=O) groups excluding carboxylic acids is 1. The number of likely N-dealkylation sites (tertiary alicyclic amines) is 2. The molecule has 0 saturated carbocycles. The standard InChI is InChI=1S/C22H29FN4O/c1-15-20(16(2)25(3)24-15)13-26-12-18-7-5-9-22(28)27(21(18)14-26)11-17-6-4-8-19(23)10-17/h4,6,8,10,18,21H,5,7,9,11-14H2,1-3H3. The van der Waals surface area contributed by atoms with E-state index in [1.165, 1.54) is 17.3 Å². The van der Waals surface area contributed by atoms with Crippen LogP contribution in [0.3, 0.4) is 0 Å². The quantitative estimate of drug-likeness (QED) is 0.813. The number of rotatable bonds is 4. The Balaban J connectivity index is 1.53. The van der Waals surface area contributed by atoms with Gasteiger partial charge in [-0.25, -0.2) is 4.39 Å². The molecule has 1 aromatic heterocycles. The number of hydrogen-bond donors (Lipinski definition) is 0. The van der Waals surface area contributed by atoms with Crippen LogP contribution in [-0.4, -0.2) is 44.6 Å². The highest BCUT2D eigenvalue weighted by Crippen LogP contribution is 2.33. The van der Waals surface area contributed by atoms with Gasteiger partial charge in [-0.05, 0) is 50.3 Å². The van der Waals surface area contributed by atoms with Gasteiger partial charge < -0.3 is 4.90 Å². The van der Waals surface area contributed by atoms with E-state index in [9.17, 15) is 9.18 Å². The number of benzene rings is 1. The fourth-order valence-electron chi connectivity index (χ4n) is 4.86. The summed E-state index contributed by atoms with van der Waals surface area (Å²) in [4.78, 5) is 17.3. The molecule has 2 aliphatic heterocycles. The molecular weight excluding hydrogens is 355 g/mol. The third-order valence-electron chi connectivity index (χ3n) is 6.45. The van der Waals surface area contributed by atoms with Crippen molar-refractivity contribution in [3.05, 3.63) is 52.6 Å². The first kappa shape index (κ1) is 19.1. The number of aryl methyl sites for hydroxylation is 2. The molecule has 2 fully saturated rings. The fourth-order valence-corrected chi connectivity index (χ4v) is 4.86. The Kier molecular flexibility index (Phi) is 5.23. The minimum atomic E-state index is -0.244. The second-order valence-electron chi connectivity index (χ2n) is 8.34. The summed E-state index contributed by atoms with van der Waals surface area (Å²) in [7, 11) is 1.99. The summed E-state index contributed by atoms with van der Waals surface area (Å²) in [5.74, 6) is 0.441. The monoisotopic (exact) mass is 384 g/mol. The summed E-state index contributed by atoms with van der Waals surface area (Å²) in [6, 6.07) is 6.83. The zero-order valence-corrected chi connectivity index (χ0v) is 17.0. The lowest BCUT2D eigenvalue weighted by molar-refractivity contribution is -0.133. The van der Waals surface area contributed by atoms with Crippen molar-refractivity contribution in [2.75, 3.05) is 13.1 Å². The van der Waals surface area contributed by atoms with Crippen LogP contribution in [0, 0.1) is 25.6 Å². The molecule has 2 atom stereocenters. The van der Waals surface area contributed by atoms with Gasteiger partial charge in [0.25, 0.3) is 0 Å². The minimum absolute atomic E-state index is 0.201. The first-order valence-corrected chi connectivity index (χ1v) is 10.2. The average molecular weight is 384 g/mol. The van der Waals surface area contributed by atoms with Crippen LogP contribution in [0.4, 0.5) is 4.39 Å². The molecule has 28 heavy (non-hydrogen) atoms. The lowest BCUT2D eigenvalue weighted by Crippen LogP contribution is -2.42. The van der Waals surface area contributed by atoms with Crippen LogP contribution in [0.25, 0.3) is 0 Å². The van der Waals surface area contributed by atoms with Crippen molar-refractivity contribution in [2.45, 2.75) is 52.2 Å². The van der Waals surface area contributed by atoms with Crippen molar-refractivity contribution in [1.82, 2.24) is 19.6 Å². The molecule has 0 radical (unpaired) electrons. The van der Waals surface area contributed by atoms with Gasteiger partial charge in [0, 0.05) is 56.9 Å². The molecule has 6 heteroatoms. The molecule has 150 valence electrons. The molecule has 2 aliphatic rings. The van der Waals surface area contributed by atoms with Gasteiger partial charge in [-0.15, -0.1) is 0 Å². The van der Waals surface area contributed by atoms with Crippen LogP contribution in [0.15, 0.2) is 24.3 Å². The largest absolute Gasteiger partial charge is 0.334 e. The van der Waals surface area contributed by atoms with Crippen molar-refractivity contribution in [3.63, 3.8) is 0 Å². The highest BCUT2D eigenvalue weighted by atomic mass is 19.1. The molecule has 5 nitrogen and oxygen atoms in total. The fraction of sp³-hybridized carbons (Fsp3) is 0.545. The number of amides is 1. The molecule has 0 bridgehead atoms. The molecule has 2 unspecified atom stereocenters. The van der Waals surface area contributed by atoms with E-state index in [0.29, 0.717) is 18.9 Å². The van der Waals surface area contributed by atoms with Crippen molar-refractivity contribution in [2.24, 2.45) is 13.0 Å². The van der Waals surface area contributed by atoms with Crippen LogP contribution in [-0.2, 0) is 24.9 Å². The second-order valence-corrected chi connectivity index (χ2v) is 8.34. The van der Waals surface area contributed by atoms with Crippen molar-refractivity contribution in [3.8, 4) is 0 Å². The lowest BCUT2D eigenvalue weighted by Gasteiger charge is -2.30. The number of fused-ring (bicyclic) bond motifs is 1. The number of halogens is 1. The van der Waals surface area contributed by atoms with Gasteiger partial charge in [-0.3, -0.25) is 14.4 Å². The number of hydrogen-bond acceptors (Lipinski definition) is 3. The third-order valence-corrected chi connectivity index (χ3v) is 6.45. The van der Waals surface area contributed by atoms with Gasteiger partial charge in [0.2, 0.25) is 5.91 Å². The summed E-state index contributed by atoms with van der Waals surface area (Å²) in [6.07, 6.45) is 2.62. The molecule has 2 saturated heterocycles. The molecular formula is C22H29FN4O. The summed E-state index contributed by atoms with van der Waals surface area (Å²) in [5, 5.41) is 4.54. The Morgan fingerprint density at radius 3 is 2.75 bits per heavy atom. The average Bonchev–Trinajstić information content (AvgIpc) is 3.11. The highest BCUT2D eigenvalue weighted by molar-refractivity contribution is 5.77. The van der Waals surface area contributed by atoms with Crippen LogP contribution in [0.2, 0.25) is 0 Å². The summed E-state index contributed by atoms with van der Waals surface area (Å²) < 4.78 is 15.6. The maximum atomic E-state index is 13.6. The maximum Gasteiger partial charge on any atom is 0.223 e. The summed E-state index contributed by atoms with van der Waals surface area (Å²) in [5.41, 5.74) is 4.45. The zero-order valence-electron chi connectivity index (χ0n) is 17.0. The van der Waals surface area contributed by atoms with E-state index in [4.69, 9.17) is 0 Å². The Morgan fingerprint density at radius 2 is 2.04 bits per heavy atom. The Labute approximate surface area is 166 Å². The van der Waals surface area contributed by atoms with Crippen LogP contribution in [0.5, 0.6) is 0 Å². The summed E-state index contributed by atoms with van der Waals surface area (Å²) >= 11 is 0. The Hall–Kier alpha value is -2.21. The number of nitrogens with zero attached hydrogens (tertiary/aromatic N) is 4. The first-order chi connectivity index (χ1) is 13.4. The third kappa shape index (κ3) is 3.70. The zero-order chi connectivity index (χ0) is 19.8. The molecule has 1 aromatic carbocycles. The molecule has 0 N–H and O–H groups in total. The van der Waals surface area contributed by atoms with E-state index in [2.05, 4.69) is 23.8 Å². The first-order valence-electron chi connectivity index (χ1n) is 10.2. The predicted molar refractivity (Wildman–Crippen MR) is 106 cm³/mol. The van der Waals surface area contributed by atoms with Crippen LogP contribution >= 0.6 is 0 Å². The van der Waals surface area contributed by atoms with Crippen LogP contribution < -0.4 is 0 Å². The molecule has 3 heterocycles.